The first-order valence-corrected chi connectivity index (χ1v) is 14.3. The van der Waals surface area contributed by atoms with Crippen LogP contribution in [0.3, 0.4) is 0 Å². The number of anilines is 1. The second kappa shape index (κ2) is 13.3. The monoisotopic (exact) mass is 634 g/mol. The molecule has 0 radical (unpaired) electrons. The Labute approximate surface area is 250 Å². The SMILES string of the molecule is Cc1cc(S(=O)(=O)/N=C(/[O-])CC(C)C)ccc1NC(=O)COc1ccc(Cl)cc1C(=O)c1cc(C#N)cc(C(F)(F)F)c1. The predicted molar refractivity (Wildman–Crippen MR) is 150 cm³/mol. The molecule has 14 heteroatoms. The van der Waals surface area contributed by atoms with Crippen LogP contribution < -0.4 is 15.2 Å². The van der Waals surface area contributed by atoms with Crippen molar-refractivity contribution in [2.24, 2.45) is 10.3 Å². The number of carbonyl (C=O) groups excluding carboxylic acids is 2. The van der Waals surface area contributed by atoms with Gasteiger partial charge >= 0.3 is 6.18 Å². The lowest BCUT2D eigenvalue weighted by molar-refractivity contribution is -0.219. The van der Waals surface area contributed by atoms with E-state index in [0.29, 0.717) is 17.7 Å². The number of ketones is 1. The molecular formula is C29H24ClF3N3O6S-. The minimum atomic E-state index is -4.81. The minimum absolute atomic E-state index is 0.0336. The van der Waals surface area contributed by atoms with Gasteiger partial charge in [0.15, 0.2) is 12.4 Å². The summed E-state index contributed by atoms with van der Waals surface area (Å²) in [6.45, 7) is 4.37. The number of aryl methyl sites for hydroxylation is 1. The van der Waals surface area contributed by atoms with Crippen LogP contribution >= 0.6 is 11.6 Å². The number of benzene rings is 3. The highest BCUT2D eigenvalue weighted by molar-refractivity contribution is 7.90. The molecule has 0 aromatic heterocycles. The molecule has 0 saturated carbocycles. The highest BCUT2D eigenvalue weighted by Gasteiger charge is 2.32. The first-order valence-electron chi connectivity index (χ1n) is 12.5. The molecule has 0 atom stereocenters. The maximum Gasteiger partial charge on any atom is 0.416 e. The molecule has 0 bridgehead atoms. The minimum Gasteiger partial charge on any atom is -0.861 e. The molecule has 0 spiro atoms. The first kappa shape index (κ1) is 33.1. The topological polar surface area (TPSA) is 149 Å². The van der Waals surface area contributed by atoms with Crippen molar-refractivity contribution in [1.82, 2.24) is 0 Å². The van der Waals surface area contributed by atoms with E-state index in [2.05, 4.69) is 9.71 Å². The Bertz CT molecular complexity index is 1750. The van der Waals surface area contributed by atoms with Crippen LogP contribution in [0.5, 0.6) is 5.75 Å². The van der Waals surface area contributed by atoms with Gasteiger partial charge in [-0.05, 0) is 85.3 Å². The van der Waals surface area contributed by atoms with Crippen LogP contribution in [-0.4, -0.2) is 32.6 Å². The van der Waals surface area contributed by atoms with Crippen molar-refractivity contribution < 1.29 is 41.0 Å². The van der Waals surface area contributed by atoms with Crippen molar-refractivity contribution in [2.45, 2.75) is 38.3 Å². The summed E-state index contributed by atoms with van der Waals surface area (Å²) in [4.78, 5) is 25.6. The van der Waals surface area contributed by atoms with E-state index in [4.69, 9.17) is 21.6 Å². The number of nitrogens with zero attached hydrogens (tertiary/aromatic N) is 2. The average molecular weight is 635 g/mol. The van der Waals surface area contributed by atoms with Gasteiger partial charge in [-0.25, -0.2) is 0 Å². The van der Waals surface area contributed by atoms with E-state index in [1.807, 2.05) is 0 Å². The summed E-state index contributed by atoms with van der Waals surface area (Å²) in [5.74, 6) is -2.65. The summed E-state index contributed by atoms with van der Waals surface area (Å²) >= 11 is 6.01. The quantitative estimate of drug-likeness (QED) is 0.181. The first-order chi connectivity index (χ1) is 20.0. The highest BCUT2D eigenvalue weighted by Crippen LogP contribution is 2.32. The Morgan fingerprint density at radius 3 is 2.42 bits per heavy atom. The number of rotatable bonds is 10. The van der Waals surface area contributed by atoms with E-state index >= 15 is 0 Å². The summed E-state index contributed by atoms with van der Waals surface area (Å²) in [7, 11) is -4.26. The summed E-state index contributed by atoms with van der Waals surface area (Å²) in [5.41, 5.74) is -1.70. The summed E-state index contributed by atoms with van der Waals surface area (Å²) in [6, 6.07) is 11.3. The predicted octanol–water partition coefficient (Wildman–Crippen LogP) is 5.28. The van der Waals surface area contributed by atoms with Crippen LogP contribution in [0.25, 0.3) is 0 Å². The molecule has 1 amide bonds. The number of hydrogen-bond donors (Lipinski definition) is 1. The molecule has 43 heavy (non-hydrogen) atoms. The van der Waals surface area contributed by atoms with Gasteiger partial charge in [0.25, 0.3) is 15.9 Å². The maximum atomic E-state index is 13.3. The Hall–Kier alpha value is -4.41. The van der Waals surface area contributed by atoms with Crippen LogP contribution in [0.2, 0.25) is 5.02 Å². The summed E-state index contributed by atoms with van der Waals surface area (Å²) in [5, 5.41) is 23.6. The molecular weight excluding hydrogens is 611 g/mol. The van der Waals surface area contributed by atoms with Gasteiger partial charge < -0.3 is 15.2 Å². The normalized spacial score (nSPS) is 12.1. The number of alkyl halides is 3. The van der Waals surface area contributed by atoms with Gasteiger partial charge in [0.1, 0.15) is 5.75 Å². The number of halogens is 4. The van der Waals surface area contributed by atoms with Gasteiger partial charge in [0, 0.05) is 16.3 Å². The summed E-state index contributed by atoms with van der Waals surface area (Å²) in [6.07, 6.45) is -4.84. The largest absolute Gasteiger partial charge is 0.861 e. The van der Waals surface area contributed by atoms with Crippen molar-refractivity contribution in [3.63, 3.8) is 0 Å². The molecule has 3 rings (SSSR count). The zero-order chi connectivity index (χ0) is 32.1. The molecule has 0 saturated heterocycles. The number of carbonyl (C=O) groups is 2. The van der Waals surface area contributed by atoms with E-state index in [1.54, 1.807) is 19.9 Å². The number of ether oxygens (including phenoxy) is 1. The second-order valence-electron chi connectivity index (χ2n) is 9.75. The fourth-order valence-electron chi connectivity index (χ4n) is 3.79. The van der Waals surface area contributed by atoms with Gasteiger partial charge in [0.2, 0.25) is 0 Å². The van der Waals surface area contributed by atoms with Gasteiger partial charge in [-0.1, -0.05) is 25.4 Å². The van der Waals surface area contributed by atoms with Gasteiger partial charge in [0.05, 0.1) is 27.7 Å². The third kappa shape index (κ3) is 8.79. The smallest absolute Gasteiger partial charge is 0.416 e. The Balaban J connectivity index is 1.79. The third-order valence-electron chi connectivity index (χ3n) is 5.77. The second-order valence-corrected chi connectivity index (χ2v) is 11.8. The number of sulfonamides is 1. The van der Waals surface area contributed by atoms with E-state index < -0.39 is 51.5 Å². The van der Waals surface area contributed by atoms with Crippen molar-refractivity contribution in [3.8, 4) is 11.8 Å². The highest BCUT2D eigenvalue weighted by atomic mass is 35.5. The van der Waals surface area contributed by atoms with Crippen LogP contribution in [0.15, 0.2) is 63.9 Å². The fourth-order valence-corrected chi connectivity index (χ4v) is 4.97. The molecule has 3 aromatic carbocycles. The number of hydrogen-bond acceptors (Lipinski definition) is 7. The molecule has 3 aromatic rings. The molecule has 9 nitrogen and oxygen atoms in total. The molecule has 0 aliphatic rings. The Morgan fingerprint density at radius 2 is 1.81 bits per heavy atom. The molecule has 0 unspecified atom stereocenters. The van der Waals surface area contributed by atoms with E-state index in [0.717, 1.165) is 12.1 Å². The van der Waals surface area contributed by atoms with Crippen LogP contribution in [0.4, 0.5) is 18.9 Å². The van der Waals surface area contributed by atoms with E-state index in [1.165, 1.54) is 37.3 Å². The average Bonchev–Trinajstić information content (AvgIpc) is 2.91. The standard InChI is InChI=1S/C29H25ClF3N3O6S/c1-16(2)8-26(37)36-43(40,41)22-5-6-24(17(3)9-22)35-27(38)15-42-25-7-4-21(30)13-23(25)28(39)19-10-18(14-34)11-20(12-19)29(31,32)33/h4-7,9-13,16H,8,15H2,1-3H3,(H,35,38)(H,36,37)/p-1. The third-order valence-corrected chi connectivity index (χ3v) is 7.30. The van der Waals surface area contributed by atoms with Crippen molar-refractivity contribution >= 4 is 44.9 Å². The maximum absolute atomic E-state index is 13.3. The molecule has 1 N–H and O–H groups in total. The van der Waals surface area contributed by atoms with Crippen molar-refractivity contribution in [1.29, 1.82) is 5.26 Å². The van der Waals surface area contributed by atoms with Gasteiger partial charge in [-0.3, -0.25) is 9.59 Å². The lowest BCUT2D eigenvalue weighted by atomic mass is 9.98. The van der Waals surface area contributed by atoms with Crippen LogP contribution in [-0.2, 0) is 21.0 Å². The van der Waals surface area contributed by atoms with E-state index in [-0.39, 0.29) is 44.8 Å². The van der Waals surface area contributed by atoms with E-state index in [9.17, 15) is 36.3 Å². The lowest BCUT2D eigenvalue weighted by Crippen LogP contribution is -2.22. The van der Waals surface area contributed by atoms with Gasteiger partial charge in [-0.2, -0.15) is 31.2 Å². The Kier molecular flexibility index (Phi) is 10.2. The van der Waals surface area contributed by atoms with Crippen molar-refractivity contribution in [2.75, 3.05) is 11.9 Å². The zero-order valence-electron chi connectivity index (χ0n) is 23.0. The van der Waals surface area contributed by atoms with Gasteiger partial charge in [-0.15, -0.1) is 0 Å². The lowest BCUT2D eigenvalue weighted by Gasteiger charge is -2.14. The molecule has 0 heterocycles. The Morgan fingerprint density at radius 1 is 1.12 bits per heavy atom. The number of nitriles is 1. The number of nitrogens with one attached hydrogen (secondary N) is 1. The molecule has 0 aliphatic heterocycles. The summed E-state index contributed by atoms with van der Waals surface area (Å²) < 4.78 is 73.7. The van der Waals surface area contributed by atoms with Crippen molar-refractivity contribution in [3.05, 3.63) is 87.4 Å². The molecule has 0 fully saturated rings. The fraction of sp³-hybridized carbons (Fsp3) is 0.241. The zero-order valence-corrected chi connectivity index (χ0v) is 24.5. The number of amides is 1. The molecule has 226 valence electrons. The molecule has 0 aliphatic carbocycles. The van der Waals surface area contributed by atoms with Crippen LogP contribution in [0.1, 0.15) is 52.9 Å². The van der Waals surface area contributed by atoms with Crippen LogP contribution in [0, 0.1) is 24.2 Å².